The van der Waals surface area contributed by atoms with Crippen molar-refractivity contribution in [1.29, 1.82) is 0 Å². The maximum Gasteiger partial charge on any atom is 0.0133 e. The number of hydrogen-bond acceptors (Lipinski definition) is 1. The summed E-state index contributed by atoms with van der Waals surface area (Å²) in [6, 6.07) is 7.61. The maximum atomic E-state index is 2.40. The monoisotopic (exact) mass is 263 g/mol. The van der Waals surface area contributed by atoms with Gasteiger partial charge in [-0.1, -0.05) is 24.3 Å². The van der Waals surface area contributed by atoms with Gasteiger partial charge < -0.3 is 4.90 Å². The lowest BCUT2D eigenvalue weighted by molar-refractivity contribution is 0.268. The predicted molar refractivity (Wildman–Crippen MR) is 80.4 cm³/mol. The van der Waals surface area contributed by atoms with E-state index in [1.165, 1.54) is 32.1 Å². The van der Waals surface area contributed by atoms with Gasteiger partial charge in [-0.3, -0.25) is 0 Å². The van der Waals surface area contributed by atoms with E-state index in [1.54, 1.807) is 22.3 Å². The molecular formula is C16H22ClN. The topological polar surface area (TPSA) is 3.24 Å². The summed E-state index contributed by atoms with van der Waals surface area (Å²) in [7, 11) is 4.42. The van der Waals surface area contributed by atoms with Gasteiger partial charge in [0.1, 0.15) is 0 Å². The Morgan fingerprint density at radius 3 is 2.56 bits per heavy atom. The van der Waals surface area contributed by atoms with E-state index in [4.69, 9.17) is 0 Å². The smallest absolute Gasteiger partial charge is 0.0133 e. The molecule has 1 atom stereocenters. The highest BCUT2D eigenvalue weighted by Crippen LogP contribution is 2.35. The lowest BCUT2D eigenvalue weighted by Crippen LogP contribution is -2.34. The number of aryl methyl sites for hydroxylation is 1. The first-order chi connectivity index (χ1) is 8.25. The third-order valence-electron chi connectivity index (χ3n) is 4.34. The van der Waals surface area contributed by atoms with Gasteiger partial charge in [0.15, 0.2) is 0 Å². The zero-order valence-electron chi connectivity index (χ0n) is 11.3. The summed E-state index contributed by atoms with van der Waals surface area (Å²) in [5, 5.41) is 0. The van der Waals surface area contributed by atoms with Crippen molar-refractivity contribution in [3.8, 4) is 0 Å². The fourth-order valence-corrected chi connectivity index (χ4v) is 3.04. The molecule has 2 aliphatic carbocycles. The van der Waals surface area contributed by atoms with Crippen LogP contribution in [0.2, 0.25) is 0 Å². The number of halogens is 1. The van der Waals surface area contributed by atoms with Gasteiger partial charge in [0.25, 0.3) is 0 Å². The molecule has 0 aromatic heterocycles. The minimum atomic E-state index is 0. The van der Waals surface area contributed by atoms with E-state index in [0.717, 1.165) is 6.04 Å². The molecule has 98 valence electrons. The fourth-order valence-electron chi connectivity index (χ4n) is 3.04. The van der Waals surface area contributed by atoms with Gasteiger partial charge in [-0.15, -0.1) is 12.4 Å². The molecular weight excluding hydrogens is 242 g/mol. The van der Waals surface area contributed by atoms with Crippen LogP contribution in [0.3, 0.4) is 0 Å². The van der Waals surface area contributed by atoms with E-state index in [1.807, 2.05) is 0 Å². The molecule has 0 N–H and O–H groups in total. The molecule has 0 saturated carbocycles. The van der Waals surface area contributed by atoms with Crippen LogP contribution in [-0.2, 0) is 12.8 Å². The normalized spacial score (nSPS) is 21.7. The van der Waals surface area contributed by atoms with E-state index in [-0.39, 0.29) is 12.4 Å². The highest BCUT2D eigenvalue weighted by molar-refractivity contribution is 5.85. The molecule has 1 aromatic carbocycles. The van der Waals surface area contributed by atoms with E-state index in [0.29, 0.717) is 0 Å². The van der Waals surface area contributed by atoms with Crippen LogP contribution in [-0.4, -0.2) is 25.0 Å². The highest BCUT2D eigenvalue weighted by atomic mass is 35.5. The first-order valence-corrected chi connectivity index (χ1v) is 6.72. The number of rotatable bonds is 2. The van der Waals surface area contributed by atoms with E-state index in [2.05, 4.69) is 43.3 Å². The van der Waals surface area contributed by atoms with Gasteiger partial charge in [-0.05, 0) is 68.5 Å². The molecule has 0 fully saturated rings. The lowest BCUT2D eigenvalue weighted by Gasteiger charge is -2.32. The lowest BCUT2D eigenvalue weighted by atomic mass is 9.80. The molecule has 1 nitrogen and oxygen atoms in total. The standard InChI is InChI=1S/C16H21N.ClH/c1-17(2)14-10-9-13-7-4-8-15(16(13)11-14)12-5-3-6-12;/h4-5,7-8,14H,3,6,9-11H2,1-2H3;1H/t14-;/m1./s1. The molecule has 0 heterocycles. The number of likely N-dealkylation sites (N-methyl/N-ethyl adjacent to an activating group) is 1. The van der Waals surface area contributed by atoms with Crippen LogP contribution in [0, 0.1) is 0 Å². The Morgan fingerprint density at radius 2 is 1.94 bits per heavy atom. The summed E-state index contributed by atoms with van der Waals surface area (Å²) >= 11 is 0. The molecule has 0 spiro atoms. The largest absolute Gasteiger partial charge is 0.306 e. The zero-order chi connectivity index (χ0) is 11.8. The Balaban J connectivity index is 0.00000120. The summed E-state index contributed by atoms with van der Waals surface area (Å²) in [5.41, 5.74) is 6.35. The summed E-state index contributed by atoms with van der Waals surface area (Å²) < 4.78 is 0. The molecule has 2 aliphatic rings. The number of nitrogens with zero attached hydrogens (tertiary/aromatic N) is 1. The van der Waals surface area contributed by atoms with E-state index < -0.39 is 0 Å². The molecule has 0 radical (unpaired) electrons. The van der Waals surface area contributed by atoms with Crippen LogP contribution in [0.5, 0.6) is 0 Å². The average Bonchev–Trinajstić information content (AvgIpc) is 2.26. The van der Waals surface area contributed by atoms with Gasteiger partial charge in [0.05, 0.1) is 0 Å². The number of fused-ring (bicyclic) bond motifs is 1. The first kappa shape index (κ1) is 13.6. The summed E-state index contributed by atoms with van der Waals surface area (Å²) in [4.78, 5) is 2.38. The molecule has 0 bridgehead atoms. The van der Waals surface area contributed by atoms with Crippen LogP contribution in [0.1, 0.15) is 36.0 Å². The van der Waals surface area contributed by atoms with Crippen molar-refractivity contribution in [1.82, 2.24) is 4.90 Å². The average molecular weight is 264 g/mol. The first-order valence-electron chi connectivity index (χ1n) is 6.72. The Kier molecular flexibility index (Phi) is 4.14. The van der Waals surface area contributed by atoms with Crippen LogP contribution in [0.4, 0.5) is 0 Å². The Labute approximate surface area is 116 Å². The summed E-state index contributed by atoms with van der Waals surface area (Å²) in [6.45, 7) is 0. The SMILES string of the molecule is CN(C)[C@@H]1CCc2cccc(C3=CCC3)c2C1.Cl. The van der Waals surface area contributed by atoms with E-state index in [9.17, 15) is 0 Å². The summed E-state index contributed by atoms with van der Waals surface area (Å²) in [6.07, 6.45) is 8.74. The molecule has 18 heavy (non-hydrogen) atoms. The van der Waals surface area contributed by atoms with Crippen molar-refractivity contribution < 1.29 is 0 Å². The Morgan fingerprint density at radius 1 is 1.17 bits per heavy atom. The van der Waals surface area contributed by atoms with Gasteiger partial charge in [-0.2, -0.15) is 0 Å². The quantitative estimate of drug-likeness (QED) is 0.786. The number of allylic oxidation sites excluding steroid dienone is 2. The van der Waals surface area contributed by atoms with Crippen molar-refractivity contribution in [2.24, 2.45) is 0 Å². The fraction of sp³-hybridized carbons (Fsp3) is 0.500. The van der Waals surface area contributed by atoms with Crippen LogP contribution >= 0.6 is 12.4 Å². The summed E-state index contributed by atoms with van der Waals surface area (Å²) in [5.74, 6) is 0. The van der Waals surface area contributed by atoms with Crippen LogP contribution < -0.4 is 0 Å². The van der Waals surface area contributed by atoms with Crippen LogP contribution in [0.25, 0.3) is 5.57 Å². The molecule has 2 heteroatoms. The molecule has 0 unspecified atom stereocenters. The Bertz CT molecular complexity index is 462. The van der Waals surface area contributed by atoms with Crippen molar-refractivity contribution >= 4 is 18.0 Å². The maximum absolute atomic E-state index is 2.40. The van der Waals surface area contributed by atoms with E-state index >= 15 is 0 Å². The molecule has 1 aromatic rings. The zero-order valence-corrected chi connectivity index (χ0v) is 12.1. The molecule has 0 saturated heterocycles. The van der Waals surface area contributed by atoms with Gasteiger partial charge in [-0.25, -0.2) is 0 Å². The molecule has 3 rings (SSSR count). The van der Waals surface area contributed by atoms with Crippen LogP contribution in [0.15, 0.2) is 24.3 Å². The minimum absolute atomic E-state index is 0. The number of benzene rings is 1. The van der Waals surface area contributed by atoms with Crippen molar-refractivity contribution in [3.05, 3.63) is 41.0 Å². The third-order valence-corrected chi connectivity index (χ3v) is 4.34. The van der Waals surface area contributed by atoms with Crippen molar-refractivity contribution in [3.63, 3.8) is 0 Å². The van der Waals surface area contributed by atoms with Crippen molar-refractivity contribution in [2.75, 3.05) is 14.1 Å². The predicted octanol–water partition coefficient (Wildman–Crippen LogP) is 3.70. The minimum Gasteiger partial charge on any atom is -0.306 e. The second-order valence-corrected chi connectivity index (χ2v) is 5.57. The highest BCUT2D eigenvalue weighted by Gasteiger charge is 2.23. The molecule has 0 aliphatic heterocycles. The third kappa shape index (κ3) is 2.34. The Hall–Kier alpha value is -0.790. The van der Waals surface area contributed by atoms with Gasteiger partial charge >= 0.3 is 0 Å². The second-order valence-electron chi connectivity index (χ2n) is 5.57. The number of hydrogen-bond donors (Lipinski definition) is 0. The second kappa shape index (κ2) is 5.46. The van der Waals surface area contributed by atoms with Gasteiger partial charge in [0, 0.05) is 6.04 Å². The van der Waals surface area contributed by atoms with Gasteiger partial charge in [0.2, 0.25) is 0 Å². The van der Waals surface area contributed by atoms with Crippen molar-refractivity contribution in [2.45, 2.75) is 38.1 Å². The molecule has 0 amide bonds.